The first-order valence-corrected chi connectivity index (χ1v) is 7.83. The summed E-state index contributed by atoms with van der Waals surface area (Å²) in [5.41, 5.74) is 1.80. The summed E-state index contributed by atoms with van der Waals surface area (Å²) in [5.74, 6) is -0.00800. The average molecular weight is 369 g/mol. The second-order valence-corrected chi connectivity index (χ2v) is 5.99. The fourth-order valence-electron chi connectivity index (χ4n) is 2.23. The number of carbonyl (C=O) groups excluding carboxylic acids is 1. The highest BCUT2D eigenvalue weighted by atomic mass is 35.5. The molecular formula is C17H18Cl2N2O3. The summed E-state index contributed by atoms with van der Waals surface area (Å²) < 4.78 is 10.5. The number of hydrogen-bond donors (Lipinski definition) is 1. The molecule has 0 aromatic heterocycles. The van der Waals surface area contributed by atoms with Gasteiger partial charge in [0.2, 0.25) is 0 Å². The van der Waals surface area contributed by atoms with Crippen LogP contribution in [0.1, 0.15) is 10.4 Å². The molecule has 0 spiro atoms. The van der Waals surface area contributed by atoms with Crippen LogP contribution in [0.4, 0.5) is 11.4 Å². The first-order chi connectivity index (χ1) is 11.4. The molecule has 24 heavy (non-hydrogen) atoms. The van der Waals surface area contributed by atoms with Crippen LogP contribution in [0, 0.1) is 0 Å². The minimum atomic E-state index is -0.425. The highest BCUT2D eigenvalue weighted by Gasteiger charge is 2.24. The Balaban J connectivity index is 2.38. The summed E-state index contributed by atoms with van der Waals surface area (Å²) >= 11 is 12.2. The first-order valence-electron chi connectivity index (χ1n) is 7.07. The van der Waals surface area contributed by atoms with Crippen molar-refractivity contribution in [2.24, 2.45) is 0 Å². The molecule has 0 saturated heterocycles. The van der Waals surface area contributed by atoms with Crippen LogP contribution < -0.4 is 19.7 Å². The molecule has 0 aliphatic heterocycles. The Morgan fingerprint density at radius 2 is 1.50 bits per heavy atom. The van der Waals surface area contributed by atoms with Crippen LogP contribution in [0.25, 0.3) is 0 Å². The summed E-state index contributed by atoms with van der Waals surface area (Å²) in [6.45, 7) is 0. The predicted molar refractivity (Wildman–Crippen MR) is 98.3 cm³/mol. The van der Waals surface area contributed by atoms with Crippen LogP contribution in [0.2, 0.25) is 10.0 Å². The summed E-state index contributed by atoms with van der Waals surface area (Å²) in [6.07, 6.45) is 0. The minimum Gasteiger partial charge on any atom is -0.494 e. The van der Waals surface area contributed by atoms with Crippen molar-refractivity contribution in [3.8, 4) is 11.5 Å². The molecule has 0 bridgehead atoms. The minimum absolute atomic E-state index is 0.147. The van der Waals surface area contributed by atoms with Crippen molar-refractivity contribution in [3.63, 3.8) is 0 Å². The number of benzene rings is 2. The molecule has 0 aliphatic rings. The number of halogens is 2. The van der Waals surface area contributed by atoms with E-state index >= 15 is 0 Å². The lowest BCUT2D eigenvalue weighted by atomic mass is 10.1. The van der Waals surface area contributed by atoms with Gasteiger partial charge in [-0.15, -0.1) is 0 Å². The largest absolute Gasteiger partial charge is 0.494 e. The molecule has 5 nitrogen and oxygen atoms in total. The van der Waals surface area contributed by atoms with Gasteiger partial charge in [0.25, 0.3) is 5.91 Å². The topological polar surface area (TPSA) is 50.8 Å². The number of hydrogen-bond acceptors (Lipinski definition) is 4. The fourth-order valence-corrected chi connectivity index (χ4v) is 2.84. The first kappa shape index (κ1) is 18.2. The van der Waals surface area contributed by atoms with Gasteiger partial charge in [0.15, 0.2) is 11.5 Å². The van der Waals surface area contributed by atoms with Gasteiger partial charge in [0, 0.05) is 25.5 Å². The van der Waals surface area contributed by atoms with E-state index in [0.29, 0.717) is 5.69 Å². The second kappa shape index (κ2) is 7.64. The van der Waals surface area contributed by atoms with Crippen LogP contribution in [-0.4, -0.2) is 34.2 Å². The molecule has 1 amide bonds. The fraction of sp³-hybridized carbons (Fsp3) is 0.235. The van der Waals surface area contributed by atoms with E-state index in [-0.39, 0.29) is 27.1 Å². The highest BCUT2D eigenvalue weighted by Crippen LogP contribution is 2.41. The molecule has 0 fully saturated rings. The van der Waals surface area contributed by atoms with Gasteiger partial charge >= 0.3 is 0 Å². The molecule has 1 N–H and O–H groups in total. The third-order valence-corrected chi connectivity index (χ3v) is 3.98. The van der Waals surface area contributed by atoms with E-state index in [9.17, 15) is 4.79 Å². The lowest BCUT2D eigenvalue weighted by molar-refractivity contribution is 0.102. The molecule has 0 saturated carbocycles. The van der Waals surface area contributed by atoms with E-state index in [4.69, 9.17) is 32.7 Å². The van der Waals surface area contributed by atoms with Gasteiger partial charge in [-0.05, 0) is 30.3 Å². The number of anilines is 2. The smallest absolute Gasteiger partial charge is 0.263 e. The van der Waals surface area contributed by atoms with Gasteiger partial charge in [0.05, 0.1) is 24.3 Å². The number of amides is 1. The lowest BCUT2D eigenvalue weighted by Crippen LogP contribution is -2.15. The quantitative estimate of drug-likeness (QED) is 0.853. The molecule has 0 aliphatic carbocycles. The average Bonchev–Trinajstić information content (AvgIpc) is 2.54. The highest BCUT2D eigenvalue weighted by molar-refractivity contribution is 6.37. The van der Waals surface area contributed by atoms with Gasteiger partial charge in [-0.1, -0.05) is 23.2 Å². The molecule has 0 unspecified atom stereocenters. The van der Waals surface area contributed by atoms with E-state index in [1.165, 1.54) is 20.3 Å². The molecule has 2 aromatic carbocycles. The number of methoxy groups -OCH3 is 2. The van der Waals surface area contributed by atoms with Crippen molar-refractivity contribution in [2.75, 3.05) is 38.5 Å². The van der Waals surface area contributed by atoms with Gasteiger partial charge in [-0.25, -0.2) is 0 Å². The summed E-state index contributed by atoms with van der Waals surface area (Å²) in [7, 11) is 6.74. The van der Waals surface area contributed by atoms with E-state index in [1.54, 1.807) is 12.1 Å². The molecule has 0 radical (unpaired) electrons. The third kappa shape index (κ3) is 3.68. The van der Waals surface area contributed by atoms with E-state index < -0.39 is 5.91 Å². The number of rotatable bonds is 5. The SMILES string of the molecule is COc1c(Cl)cc(Cl)c(OC)c1C(=O)Nc1ccc(N(C)C)cc1. The van der Waals surface area contributed by atoms with Crippen molar-refractivity contribution in [1.29, 1.82) is 0 Å². The summed E-state index contributed by atoms with van der Waals surface area (Å²) in [5, 5.41) is 3.26. The van der Waals surface area contributed by atoms with Gasteiger partial charge < -0.3 is 19.7 Å². The second-order valence-electron chi connectivity index (χ2n) is 5.18. The molecule has 0 heterocycles. The van der Waals surface area contributed by atoms with Crippen LogP contribution in [0.5, 0.6) is 11.5 Å². The maximum Gasteiger partial charge on any atom is 0.263 e. The summed E-state index contributed by atoms with van der Waals surface area (Å²) in [6, 6.07) is 8.88. The number of nitrogens with one attached hydrogen (secondary N) is 1. The number of carbonyl (C=O) groups is 1. The molecule has 7 heteroatoms. The van der Waals surface area contributed by atoms with Crippen molar-refractivity contribution in [3.05, 3.63) is 45.9 Å². The zero-order valence-corrected chi connectivity index (χ0v) is 15.3. The van der Waals surface area contributed by atoms with E-state index in [1.807, 2.05) is 31.1 Å². The molecule has 2 rings (SSSR count). The van der Waals surface area contributed by atoms with Gasteiger partial charge in [0.1, 0.15) is 5.56 Å². The zero-order chi connectivity index (χ0) is 17.9. The Labute approximate surface area is 151 Å². The Kier molecular flexibility index (Phi) is 5.80. The lowest BCUT2D eigenvalue weighted by Gasteiger charge is -2.16. The Hall–Kier alpha value is -2.11. The van der Waals surface area contributed by atoms with E-state index in [2.05, 4.69) is 5.32 Å². The van der Waals surface area contributed by atoms with Crippen LogP contribution >= 0.6 is 23.2 Å². The van der Waals surface area contributed by atoms with Crippen LogP contribution in [0.15, 0.2) is 30.3 Å². The third-order valence-electron chi connectivity index (χ3n) is 3.42. The number of nitrogens with zero attached hydrogens (tertiary/aromatic N) is 1. The molecule has 2 aromatic rings. The Morgan fingerprint density at radius 3 is 1.92 bits per heavy atom. The van der Waals surface area contributed by atoms with Crippen molar-refractivity contribution in [2.45, 2.75) is 0 Å². The summed E-state index contributed by atoms with van der Waals surface area (Å²) in [4.78, 5) is 14.7. The maximum atomic E-state index is 12.7. The molecular weight excluding hydrogens is 351 g/mol. The number of ether oxygens (including phenoxy) is 2. The molecule has 128 valence electrons. The maximum absolute atomic E-state index is 12.7. The van der Waals surface area contributed by atoms with Crippen molar-refractivity contribution in [1.82, 2.24) is 0 Å². The monoisotopic (exact) mass is 368 g/mol. The van der Waals surface area contributed by atoms with Gasteiger partial charge in [-0.3, -0.25) is 4.79 Å². The van der Waals surface area contributed by atoms with Crippen LogP contribution in [-0.2, 0) is 0 Å². The predicted octanol–water partition coefficient (Wildman–Crippen LogP) is 4.33. The Bertz CT molecular complexity index is 718. The molecule has 0 atom stereocenters. The Morgan fingerprint density at radius 1 is 1.00 bits per heavy atom. The zero-order valence-electron chi connectivity index (χ0n) is 13.8. The standard InChI is InChI=1S/C17H18Cl2N2O3/c1-21(2)11-7-5-10(6-8-11)20-17(22)14-15(23-3)12(18)9-13(19)16(14)24-4/h5-9H,1-4H3,(H,20,22). The van der Waals surface area contributed by atoms with Crippen LogP contribution in [0.3, 0.4) is 0 Å². The van der Waals surface area contributed by atoms with Crippen molar-refractivity contribution >= 4 is 40.5 Å². The normalized spacial score (nSPS) is 10.2. The van der Waals surface area contributed by atoms with Crippen molar-refractivity contribution < 1.29 is 14.3 Å². The van der Waals surface area contributed by atoms with Gasteiger partial charge in [-0.2, -0.15) is 0 Å². The van der Waals surface area contributed by atoms with E-state index in [0.717, 1.165) is 5.69 Å².